The van der Waals surface area contributed by atoms with Crippen molar-refractivity contribution in [2.45, 2.75) is 26.7 Å². The van der Waals surface area contributed by atoms with Crippen LogP contribution in [0.4, 0.5) is 0 Å². The van der Waals surface area contributed by atoms with E-state index in [9.17, 15) is 15.0 Å². The van der Waals surface area contributed by atoms with Crippen molar-refractivity contribution in [1.82, 2.24) is 0 Å². The van der Waals surface area contributed by atoms with Crippen molar-refractivity contribution in [1.29, 1.82) is 0 Å². The molecule has 4 nitrogen and oxygen atoms in total. The molecule has 0 heterocycles. The van der Waals surface area contributed by atoms with Crippen LogP contribution in [0.25, 0.3) is 12.2 Å². The van der Waals surface area contributed by atoms with Gasteiger partial charge in [-0.25, -0.2) is 4.79 Å². The first-order valence-corrected chi connectivity index (χ1v) is 8.38. The topological polar surface area (TPSA) is 66.8 Å². The lowest BCUT2D eigenvalue weighted by Gasteiger charge is -2.15. The molecule has 0 aliphatic rings. The second-order valence-electron chi connectivity index (χ2n) is 6.38. The standard InChI is InChI=1S/C22H24O4/c1-14(2)5-12-18-19(26-4)13-17(20(21(18)23)22(24)25)11-10-16-8-6-15(3)7-9-16/h6-11,13,23H,1,5,12H2,2-4H3,(H,24,25). The maximum Gasteiger partial charge on any atom is 0.340 e. The molecule has 0 atom stereocenters. The zero-order valence-corrected chi connectivity index (χ0v) is 15.4. The minimum atomic E-state index is -1.18. The molecule has 0 radical (unpaired) electrons. The summed E-state index contributed by atoms with van der Waals surface area (Å²) in [6.07, 6.45) is 4.60. The van der Waals surface area contributed by atoms with Crippen LogP contribution in [-0.2, 0) is 6.42 Å². The number of rotatable bonds is 7. The Morgan fingerprint density at radius 3 is 2.42 bits per heavy atom. The highest BCUT2D eigenvalue weighted by atomic mass is 16.5. The molecule has 0 fully saturated rings. The van der Waals surface area contributed by atoms with E-state index in [1.54, 1.807) is 12.1 Å². The predicted octanol–water partition coefficient (Wildman–Crippen LogP) is 5.09. The molecule has 2 aromatic rings. The van der Waals surface area contributed by atoms with Gasteiger partial charge in [0.25, 0.3) is 0 Å². The second-order valence-corrected chi connectivity index (χ2v) is 6.38. The van der Waals surface area contributed by atoms with Crippen LogP contribution >= 0.6 is 0 Å². The number of carbonyl (C=O) groups is 1. The summed E-state index contributed by atoms with van der Waals surface area (Å²) in [6, 6.07) is 9.52. The number of ether oxygens (including phenoxy) is 1. The van der Waals surface area contributed by atoms with Gasteiger partial charge in [0.1, 0.15) is 17.1 Å². The highest BCUT2D eigenvalue weighted by molar-refractivity contribution is 5.97. The maximum atomic E-state index is 11.7. The molecule has 0 aliphatic heterocycles. The lowest BCUT2D eigenvalue weighted by Crippen LogP contribution is -2.05. The van der Waals surface area contributed by atoms with Gasteiger partial charge in [0.2, 0.25) is 0 Å². The maximum absolute atomic E-state index is 11.7. The quantitative estimate of drug-likeness (QED) is 0.538. The van der Waals surface area contributed by atoms with E-state index in [4.69, 9.17) is 4.74 Å². The number of methoxy groups -OCH3 is 1. The van der Waals surface area contributed by atoms with Gasteiger partial charge >= 0.3 is 5.97 Å². The van der Waals surface area contributed by atoms with Gasteiger partial charge in [-0.15, -0.1) is 6.58 Å². The summed E-state index contributed by atoms with van der Waals surface area (Å²) in [6.45, 7) is 7.74. The zero-order chi connectivity index (χ0) is 19.3. The van der Waals surface area contributed by atoms with Crippen LogP contribution in [-0.4, -0.2) is 23.3 Å². The second kappa shape index (κ2) is 8.39. The van der Waals surface area contributed by atoms with Gasteiger partial charge in [0.15, 0.2) is 0 Å². The van der Waals surface area contributed by atoms with Crippen molar-refractivity contribution in [3.05, 3.63) is 70.3 Å². The average Bonchev–Trinajstić information content (AvgIpc) is 2.59. The molecular weight excluding hydrogens is 328 g/mol. The highest BCUT2D eigenvalue weighted by Crippen LogP contribution is 2.36. The summed E-state index contributed by atoms with van der Waals surface area (Å²) < 4.78 is 5.39. The summed E-state index contributed by atoms with van der Waals surface area (Å²) >= 11 is 0. The molecule has 2 rings (SSSR count). The van der Waals surface area contributed by atoms with E-state index in [0.717, 1.165) is 16.7 Å². The average molecular weight is 352 g/mol. The van der Waals surface area contributed by atoms with Crippen molar-refractivity contribution >= 4 is 18.1 Å². The van der Waals surface area contributed by atoms with Crippen LogP contribution < -0.4 is 4.74 Å². The van der Waals surface area contributed by atoms with Gasteiger partial charge in [0.05, 0.1) is 7.11 Å². The summed E-state index contributed by atoms with van der Waals surface area (Å²) in [7, 11) is 1.51. The van der Waals surface area contributed by atoms with Gasteiger partial charge in [-0.2, -0.15) is 0 Å². The van der Waals surface area contributed by atoms with Gasteiger partial charge < -0.3 is 14.9 Å². The van der Waals surface area contributed by atoms with Gasteiger partial charge in [-0.05, 0) is 43.9 Å². The third kappa shape index (κ3) is 4.54. The number of aryl methyl sites for hydroxylation is 1. The molecular formula is C22H24O4. The van der Waals surface area contributed by atoms with Crippen molar-refractivity contribution in [2.75, 3.05) is 7.11 Å². The van der Waals surface area contributed by atoms with Crippen LogP contribution in [0.5, 0.6) is 11.5 Å². The fourth-order valence-electron chi connectivity index (χ4n) is 2.69. The molecule has 2 aromatic carbocycles. The summed E-state index contributed by atoms with van der Waals surface area (Å²) in [4.78, 5) is 11.7. The van der Waals surface area contributed by atoms with E-state index in [-0.39, 0.29) is 11.3 Å². The van der Waals surface area contributed by atoms with Crippen LogP contribution in [0, 0.1) is 6.92 Å². The zero-order valence-electron chi connectivity index (χ0n) is 15.4. The molecule has 0 amide bonds. The number of carboxylic acids is 1. The smallest absolute Gasteiger partial charge is 0.340 e. The first-order valence-electron chi connectivity index (χ1n) is 8.38. The molecule has 0 saturated heterocycles. The minimum absolute atomic E-state index is 0.120. The Kier molecular flexibility index (Phi) is 6.23. The van der Waals surface area contributed by atoms with E-state index in [2.05, 4.69) is 6.58 Å². The third-order valence-electron chi connectivity index (χ3n) is 4.16. The van der Waals surface area contributed by atoms with E-state index in [1.807, 2.05) is 44.2 Å². The summed E-state index contributed by atoms with van der Waals surface area (Å²) in [5.74, 6) is -0.954. The molecule has 4 heteroatoms. The number of hydrogen-bond acceptors (Lipinski definition) is 3. The molecule has 2 N–H and O–H groups in total. The molecule has 0 aliphatic carbocycles. The SMILES string of the molecule is C=C(C)CCc1c(OC)cc(C=Cc2ccc(C)cc2)c(C(=O)O)c1O. The Bertz CT molecular complexity index is 845. The predicted molar refractivity (Wildman–Crippen MR) is 105 cm³/mol. The molecule has 26 heavy (non-hydrogen) atoms. The number of phenols is 1. The van der Waals surface area contributed by atoms with Crippen LogP contribution in [0.3, 0.4) is 0 Å². The van der Waals surface area contributed by atoms with Gasteiger partial charge in [-0.1, -0.05) is 47.6 Å². The lowest BCUT2D eigenvalue weighted by molar-refractivity contribution is 0.0693. The number of allylic oxidation sites excluding steroid dienone is 1. The van der Waals surface area contributed by atoms with Crippen LogP contribution in [0.2, 0.25) is 0 Å². The minimum Gasteiger partial charge on any atom is -0.507 e. The number of aromatic carboxylic acids is 1. The van der Waals surface area contributed by atoms with Crippen LogP contribution in [0.15, 0.2) is 42.5 Å². The Labute approximate surface area is 154 Å². The fraction of sp³-hybridized carbons (Fsp3) is 0.227. The molecule has 0 spiro atoms. The Hall–Kier alpha value is -3.01. The molecule has 0 unspecified atom stereocenters. The van der Waals surface area contributed by atoms with Crippen molar-refractivity contribution in [2.24, 2.45) is 0 Å². The Morgan fingerprint density at radius 1 is 1.23 bits per heavy atom. The largest absolute Gasteiger partial charge is 0.507 e. The lowest BCUT2D eigenvalue weighted by atomic mass is 9.96. The summed E-state index contributed by atoms with van der Waals surface area (Å²) in [5, 5.41) is 20.2. The van der Waals surface area contributed by atoms with E-state index < -0.39 is 5.97 Å². The monoisotopic (exact) mass is 352 g/mol. The molecule has 0 saturated carbocycles. The van der Waals surface area contributed by atoms with Crippen LogP contribution in [0.1, 0.15) is 46.0 Å². The van der Waals surface area contributed by atoms with Crippen molar-refractivity contribution in [3.8, 4) is 11.5 Å². The van der Waals surface area contributed by atoms with E-state index >= 15 is 0 Å². The summed E-state index contributed by atoms with van der Waals surface area (Å²) in [5.41, 5.74) is 3.80. The number of carboxylic acid groups (broad SMARTS) is 1. The Morgan fingerprint density at radius 2 is 1.88 bits per heavy atom. The normalized spacial score (nSPS) is 10.9. The number of benzene rings is 2. The van der Waals surface area contributed by atoms with Crippen molar-refractivity contribution in [3.63, 3.8) is 0 Å². The fourth-order valence-corrected chi connectivity index (χ4v) is 2.69. The third-order valence-corrected chi connectivity index (χ3v) is 4.16. The number of hydrogen-bond donors (Lipinski definition) is 2. The van der Waals surface area contributed by atoms with Crippen molar-refractivity contribution < 1.29 is 19.7 Å². The van der Waals surface area contributed by atoms with Gasteiger partial charge in [-0.3, -0.25) is 0 Å². The highest BCUT2D eigenvalue weighted by Gasteiger charge is 2.21. The Balaban J connectivity index is 2.50. The van der Waals surface area contributed by atoms with E-state index in [0.29, 0.717) is 29.7 Å². The molecule has 136 valence electrons. The first-order chi connectivity index (χ1) is 12.3. The number of aromatic hydroxyl groups is 1. The van der Waals surface area contributed by atoms with Gasteiger partial charge in [0, 0.05) is 5.56 Å². The molecule has 0 aromatic heterocycles. The first kappa shape index (κ1) is 19.3. The van der Waals surface area contributed by atoms with E-state index in [1.165, 1.54) is 7.11 Å². The molecule has 0 bridgehead atoms.